The van der Waals surface area contributed by atoms with Crippen LogP contribution in [0.5, 0.6) is 0 Å². The van der Waals surface area contributed by atoms with E-state index in [4.69, 9.17) is 5.73 Å². The Balaban J connectivity index is 1.91. The molecule has 7 heteroatoms. The molecule has 0 atom stereocenters. The molecular formula is C13H20FN3O2S. The maximum atomic E-state index is 13.0. The van der Waals surface area contributed by atoms with Crippen LogP contribution in [0.2, 0.25) is 0 Å². The van der Waals surface area contributed by atoms with Gasteiger partial charge in [-0.1, -0.05) is 6.42 Å². The third-order valence-electron chi connectivity index (χ3n) is 3.45. The Morgan fingerprint density at radius 2 is 1.95 bits per heavy atom. The summed E-state index contributed by atoms with van der Waals surface area (Å²) in [5, 5.41) is 0. The Morgan fingerprint density at radius 1 is 1.25 bits per heavy atom. The molecule has 0 aliphatic carbocycles. The van der Waals surface area contributed by atoms with Gasteiger partial charge in [-0.25, -0.2) is 17.5 Å². The number of sulfonamides is 1. The van der Waals surface area contributed by atoms with Crippen molar-refractivity contribution in [2.45, 2.75) is 24.2 Å². The zero-order chi connectivity index (χ0) is 14.6. The van der Waals surface area contributed by atoms with Gasteiger partial charge in [-0.15, -0.1) is 0 Å². The minimum atomic E-state index is -3.62. The average Bonchev–Trinajstić information content (AvgIpc) is 2.43. The molecule has 3 N–H and O–H groups in total. The number of hydrogen-bond donors (Lipinski definition) is 2. The summed E-state index contributed by atoms with van der Waals surface area (Å²) in [4.78, 5) is 2.24. The second-order valence-corrected chi connectivity index (χ2v) is 6.75. The van der Waals surface area contributed by atoms with Gasteiger partial charge in [0.25, 0.3) is 0 Å². The summed E-state index contributed by atoms with van der Waals surface area (Å²) in [6, 6.07) is 3.42. The number of anilines is 1. The van der Waals surface area contributed by atoms with Gasteiger partial charge in [-0.3, -0.25) is 0 Å². The van der Waals surface area contributed by atoms with E-state index in [1.165, 1.54) is 25.3 Å². The first-order valence-corrected chi connectivity index (χ1v) is 8.24. The molecule has 1 saturated heterocycles. The molecule has 0 spiro atoms. The molecule has 0 radical (unpaired) electrons. The van der Waals surface area contributed by atoms with Crippen molar-refractivity contribution in [2.75, 3.05) is 31.9 Å². The Kier molecular flexibility index (Phi) is 4.95. The third kappa shape index (κ3) is 3.91. The number of rotatable bonds is 5. The van der Waals surface area contributed by atoms with Gasteiger partial charge < -0.3 is 10.6 Å². The summed E-state index contributed by atoms with van der Waals surface area (Å²) in [5.74, 6) is -0.614. The maximum Gasteiger partial charge on any atom is 0.240 e. The molecule has 20 heavy (non-hydrogen) atoms. The molecule has 0 amide bonds. The normalized spacial score (nSPS) is 17.2. The number of halogens is 1. The van der Waals surface area contributed by atoms with Crippen molar-refractivity contribution in [3.8, 4) is 0 Å². The molecule has 1 heterocycles. The van der Waals surface area contributed by atoms with E-state index >= 15 is 0 Å². The summed E-state index contributed by atoms with van der Waals surface area (Å²) >= 11 is 0. The van der Waals surface area contributed by atoms with Gasteiger partial charge >= 0.3 is 0 Å². The van der Waals surface area contributed by atoms with E-state index in [2.05, 4.69) is 9.62 Å². The number of nitrogens with two attached hydrogens (primary N) is 1. The standard InChI is InChI=1S/C13H20FN3O2S/c14-12-5-4-11(10-13(12)15)20(18,19)16-6-9-17-7-2-1-3-8-17/h4-5,10,16H,1-3,6-9,15H2. The smallest absolute Gasteiger partial charge is 0.240 e. The van der Waals surface area contributed by atoms with Gasteiger partial charge in [0.2, 0.25) is 10.0 Å². The maximum absolute atomic E-state index is 13.0. The number of nitrogen functional groups attached to an aromatic ring is 1. The third-order valence-corrected chi connectivity index (χ3v) is 4.91. The summed E-state index contributed by atoms with van der Waals surface area (Å²) in [6.45, 7) is 3.08. The molecule has 0 saturated carbocycles. The Bertz CT molecular complexity index is 557. The Hall–Kier alpha value is -1.18. The zero-order valence-corrected chi connectivity index (χ0v) is 12.1. The van der Waals surface area contributed by atoms with Crippen molar-refractivity contribution < 1.29 is 12.8 Å². The highest BCUT2D eigenvalue weighted by molar-refractivity contribution is 7.89. The lowest BCUT2D eigenvalue weighted by Gasteiger charge is -2.26. The Morgan fingerprint density at radius 3 is 2.60 bits per heavy atom. The summed E-state index contributed by atoms with van der Waals surface area (Å²) in [5.41, 5.74) is 5.22. The predicted octanol–water partition coefficient (Wildman–Crippen LogP) is 1.17. The molecule has 1 aliphatic heterocycles. The minimum absolute atomic E-state index is 0.00459. The van der Waals surface area contributed by atoms with E-state index < -0.39 is 15.8 Å². The van der Waals surface area contributed by atoms with Crippen molar-refractivity contribution in [1.82, 2.24) is 9.62 Å². The SMILES string of the molecule is Nc1cc(S(=O)(=O)NCCN2CCCCC2)ccc1F. The summed E-state index contributed by atoms with van der Waals surface area (Å²) in [7, 11) is -3.62. The fourth-order valence-electron chi connectivity index (χ4n) is 2.29. The van der Waals surface area contributed by atoms with Crippen LogP contribution in [-0.4, -0.2) is 39.5 Å². The van der Waals surface area contributed by atoms with Crippen LogP contribution in [0, 0.1) is 5.82 Å². The second-order valence-electron chi connectivity index (χ2n) is 4.98. The molecule has 112 valence electrons. The van der Waals surface area contributed by atoms with E-state index in [-0.39, 0.29) is 10.6 Å². The van der Waals surface area contributed by atoms with Crippen LogP contribution in [0.1, 0.15) is 19.3 Å². The van der Waals surface area contributed by atoms with Crippen LogP contribution in [0.3, 0.4) is 0 Å². The van der Waals surface area contributed by atoms with Crippen molar-refractivity contribution in [1.29, 1.82) is 0 Å². The van der Waals surface area contributed by atoms with Gasteiger partial charge in [-0.2, -0.15) is 0 Å². The first kappa shape index (κ1) is 15.2. The molecular weight excluding hydrogens is 281 g/mol. The summed E-state index contributed by atoms with van der Waals surface area (Å²) in [6.07, 6.45) is 3.58. The second kappa shape index (κ2) is 6.51. The number of nitrogens with one attached hydrogen (secondary N) is 1. The van der Waals surface area contributed by atoms with Gasteiger partial charge in [0.15, 0.2) is 0 Å². The fraction of sp³-hybridized carbons (Fsp3) is 0.538. The van der Waals surface area contributed by atoms with E-state index in [9.17, 15) is 12.8 Å². The van der Waals surface area contributed by atoms with Crippen molar-refractivity contribution in [3.63, 3.8) is 0 Å². The first-order chi connectivity index (χ1) is 9.49. The number of benzene rings is 1. The van der Waals surface area contributed by atoms with Gasteiger partial charge in [0.1, 0.15) is 5.82 Å². The zero-order valence-electron chi connectivity index (χ0n) is 11.3. The number of likely N-dealkylation sites (tertiary alicyclic amines) is 1. The average molecular weight is 301 g/mol. The predicted molar refractivity (Wildman–Crippen MR) is 76.3 cm³/mol. The number of hydrogen-bond acceptors (Lipinski definition) is 4. The number of nitrogens with zero attached hydrogens (tertiary/aromatic N) is 1. The van der Waals surface area contributed by atoms with Crippen LogP contribution in [0.15, 0.2) is 23.1 Å². The molecule has 1 fully saturated rings. The monoisotopic (exact) mass is 301 g/mol. The lowest BCUT2D eigenvalue weighted by Crippen LogP contribution is -2.37. The molecule has 0 bridgehead atoms. The van der Waals surface area contributed by atoms with E-state index in [0.717, 1.165) is 25.2 Å². The Labute approximate surface area is 119 Å². The topological polar surface area (TPSA) is 75.4 Å². The molecule has 1 aromatic rings. The van der Waals surface area contributed by atoms with E-state index in [0.29, 0.717) is 13.1 Å². The molecule has 5 nitrogen and oxygen atoms in total. The molecule has 0 aromatic heterocycles. The highest BCUT2D eigenvalue weighted by atomic mass is 32.2. The van der Waals surface area contributed by atoms with Gasteiger partial charge in [0, 0.05) is 13.1 Å². The largest absolute Gasteiger partial charge is 0.396 e. The van der Waals surface area contributed by atoms with Crippen molar-refractivity contribution in [3.05, 3.63) is 24.0 Å². The molecule has 1 aromatic carbocycles. The van der Waals surface area contributed by atoms with Crippen molar-refractivity contribution in [2.24, 2.45) is 0 Å². The molecule has 0 unspecified atom stereocenters. The molecule has 1 aliphatic rings. The molecule has 2 rings (SSSR count). The number of piperidine rings is 1. The van der Waals surface area contributed by atoms with Crippen LogP contribution in [-0.2, 0) is 10.0 Å². The van der Waals surface area contributed by atoms with Crippen LogP contribution < -0.4 is 10.5 Å². The van der Waals surface area contributed by atoms with Crippen LogP contribution >= 0.6 is 0 Å². The highest BCUT2D eigenvalue weighted by Crippen LogP contribution is 2.16. The highest BCUT2D eigenvalue weighted by Gasteiger charge is 2.16. The van der Waals surface area contributed by atoms with Gasteiger partial charge in [-0.05, 0) is 44.1 Å². The van der Waals surface area contributed by atoms with Crippen LogP contribution in [0.25, 0.3) is 0 Å². The van der Waals surface area contributed by atoms with E-state index in [1.54, 1.807) is 0 Å². The fourth-order valence-corrected chi connectivity index (χ4v) is 3.35. The quantitative estimate of drug-likeness (QED) is 0.801. The van der Waals surface area contributed by atoms with Crippen molar-refractivity contribution >= 4 is 15.7 Å². The van der Waals surface area contributed by atoms with E-state index in [1.807, 2.05) is 0 Å². The summed E-state index contributed by atoms with van der Waals surface area (Å²) < 4.78 is 39.6. The van der Waals surface area contributed by atoms with Crippen LogP contribution in [0.4, 0.5) is 10.1 Å². The lowest BCUT2D eigenvalue weighted by molar-refractivity contribution is 0.233. The minimum Gasteiger partial charge on any atom is -0.396 e. The lowest BCUT2D eigenvalue weighted by atomic mass is 10.1. The van der Waals surface area contributed by atoms with Gasteiger partial charge in [0.05, 0.1) is 10.6 Å². The first-order valence-electron chi connectivity index (χ1n) is 6.76.